The number of furan rings is 1. The summed E-state index contributed by atoms with van der Waals surface area (Å²) in [6, 6.07) is 9.24. The monoisotopic (exact) mass is 343 g/mol. The third-order valence-corrected chi connectivity index (χ3v) is 3.69. The van der Waals surface area contributed by atoms with Gasteiger partial charge in [-0.3, -0.25) is 14.4 Å². The summed E-state index contributed by atoms with van der Waals surface area (Å²) in [7, 11) is 1.12. The fourth-order valence-corrected chi connectivity index (χ4v) is 2.44. The van der Waals surface area contributed by atoms with E-state index in [-0.39, 0.29) is 17.5 Å². The molecule has 8 nitrogen and oxygen atoms in total. The van der Waals surface area contributed by atoms with Crippen molar-refractivity contribution >= 4 is 23.8 Å². The van der Waals surface area contributed by atoms with Crippen LogP contribution in [0.1, 0.15) is 26.5 Å². The topological polar surface area (TPSA) is 103 Å². The van der Waals surface area contributed by atoms with Gasteiger partial charge in [-0.1, -0.05) is 17.2 Å². The molecule has 1 unspecified atom stereocenters. The van der Waals surface area contributed by atoms with Crippen LogP contribution in [0.4, 0.5) is 0 Å². The molecule has 3 rings (SSSR count). The van der Waals surface area contributed by atoms with Crippen LogP contribution < -0.4 is 0 Å². The highest BCUT2D eigenvalue weighted by atomic mass is 16.7. The summed E-state index contributed by atoms with van der Waals surface area (Å²) in [6.45, 7) is 0. The van der Waals surface area contributed by atoms with E-state index in [1.54, 1.807) is 24.3 Å². The SMILES string of the molecule is COC(=O)C(Cc1ccco1)C(=O)ON1C(=O)c2ccccc2C1=O. The molecule has 1 aromatic heterocycles. The largest absolute Gasteiger partial charge is 0.469 e. The number of ether oxygens (including phenoxy) is 1. The molecule has 0 aliphatic carbocycles. The third kappa shape index (κ3) is 3.01. The predicted octanol–water partition coefficient (Wildman–Crippen LogP) is 1.37. The molecule has 0 spiro atoms. The van der Waals surface area contributed by atoms with E-state index in [9.17, 15) is 19.2 Å². The number of hydrogen-bond donors (Lipinski definition) is 0. The summed E-state index contributed by atoms with van der Waals surface area (Å²) in [5.74, 6) is -4.50. The molecule has 2 aromatic rings. The van der Waals surface area contributed by atoms with Crippen LogP contribution in [0.2, 0.25) is 0 Å². The number of amides is 2. The first kappa shape index (κ1) is 16.4. The maximum absolute atomic E-state index is 12.4. The minimum Gasteiger partial charge on any atom is -0.469 e. The number of rotatable bonds is 5. The number of carbonyl (C=O) groups excluding carboxylic acids is 4. The van der Waals surface area contributed by atoms with Gasteiger partial charge in [-0.05, 0) is 24.3 Å². The minimum absolute atomic E-state index is 0.123. The summed E-state index contributed by atoms with van der Waals surface area (Å²) in [6.07, 6.45) is 1.26. The van der Waals surface area contributed by atoms with Crippen molar-refractivity contribution < 1.29 is 33.2 Å². The Morgan fingerprint density at radius 2 is 1.68 bits per heavy atom. The Balaban J connectivity index is 1.79. The molecule has 8 heteroatoms. The van der Waals surface area contributed by atoms with Crippen LogP contribution in [0, 0.1) is 5.92 Å². The second kappa shape index (κ2) is 6.60. The number of hydrogen-bond acceptors (Lipinski definition) is 7. The molecule has 1 aliphatic heterocycles. The van der Waals surface area contributed by atoms with E-state index < -0.39 is 29.7 Å². The Morgan fingerprint density at radius 1 is 1.04 bits per heavy atom. The number of methoxy groups -OCH3 is 1. The van der Waals surface area contributed by atoms with Crippen molar-refractivity contribution in [2.75, 3.05) is 7.11 Å². The van der Waals surface area contributed by atoms with Gasteiger partial charge in [0, 0.05) is 6.42 Å². The van der Waals surface area contributed by atoms with Gasteiger partial charge in [-0.15, -0.1) is 0 Å². The van der Waals surface area contributed by atoms with Gasteiger partial charge in [0.2, 0.25) is 0 Å². The van der Waals surface area contributed by atoms with Crippen LogP contribution in [-0.2, 0) is 25.6 Å². The number of carbonyl (C=O) groups is 4. The first-order valence-corrected chi connectivity index (χ1v) is 7.32. The van der Waals surface area contributed by atoms with Gasteiger partial charge in [-0.25, -0.2) is 4.79 Å². The molecule has 0 bridgehead atoms. The first-order chi connectivity index (χ1) is 12.0. The Labute approximate surface area is 141 Å². The number of benzene rings is 1. The summed E-state index contributed by atoms with van der Waals surface area (Å²) in [5, 5.41) is 0.352. The number of imide groups is 1. The molecule has 2 amide bonds. The zero-order chi connectivity index (χ0) is 18.0. The number of hydroxylamine groups is 2. The van der Waals surface area contributed by atoms with Crippen molar-refractivity contribution in [1.29, 1.82) is 0 Å². The Kier molecular flexibility index (Phi) is 4.34. The van der Waals surface area contributed by atoms with E-state index in [1.165, 1.54) is 18.4 Å². The molecule has 1 aliphatic rings. The van der Waals surface area contributed by atoms with Gasteiger partial charge in [0.25, 0.3) is 11.8 Å². The zero-order valence-corrected chi connectivity index (χ0v) is 13.1. The summed E-state index contributed by atoms with van der Waals surface area (Å²) < 4.78 is 9.70. The molecule has 0 radical (unpaired) electrons. The molecule has 0 saturated carbocycles. The molecular weight excluding hydrogens is 330 g/mol. The molecule has 1 aromatic carbocycles. The van der Waals surface area contributed by atoms with Crippen LogP contribution in [0.5, 0.6) is 0 Å². The lowest BCUT2D eigenvalue weighted by atomic mass is 10.0. The molecule has 0 N–H and O–H groups in total. The van der Waals surface area contributed by atoms with Gasteiger partial charge in [0.05, 0.1) is 24.5 Å². The second-order valence-electron chi connectivity index (χ2n) is 5.22. The summed E-state index contributed by atoms with van der Waals surface area (Å²) in [4.78, 5) is 53.6. The van der Waals surface area contributed by atoms with Crippen LogP contribution >= 0.6 is 0 Å². The van der Waals surface area contributed by atoms with Crippen LogP contribution in [-0.4, -0.2) is 35.9 Å². The molecule has 0 fully saturated rings. The highest BCUT2D eigenvalue weighted by Crippen LogP contribution is 2.24. The van der Waals surface area contributed by atoms with Crippen LogP contribution in [0.15, 0.2) is 47.1 Å². The standard InChI is InChI=1S/C17H13NO7/c1-23-16(21)13(9-10-5-4-8-24-10)17(22)25-18-14(19)11-6-2-3-7-12(11)15(18)20/h2-8,13H,9H2,1H3. The number of esters is 1. The van der Waals surface area contributed by atoms with Gasteiger partial charge < -0.3 is 14.0 Å². The average molecular weight is 343 g/mol. The van der Waals surface area contributed by atoms with E-state index in [0.29, 0.717) is 10.8 Å². The third-order valence-electron chi connectivity index (χ3n) is 3.69. The summed E-state index contributed by atoms with van der Waals surface area (Å²) in [5.41, 5.74) is 0.252. The quantitative estimate of drug-likeness (QED) is 0.459. The van der Waals surface area contributed by atoms with Crippen molar-refractivity contribution in [3.63, 3.8) is 0 Å². The molecule has 0 saturated heterocycles. The van der Waals surface area contributed by atoms with Crippen molar-refractivity contribution in [2.24, 2.45) is 5.92 Å². The van der Waals surface area contributed by atoms with Crippen molar-refractivity contribution in [2.45, 2.75) is 6.42 Å². The van der Waals surface area contributed by atoms with E-state index in [2.05, 4.69) is 4.74 Å². The molecule has 128 valence electrons. The zero-order valence-electron chi connectivity index (χ0n) is 13.1. The van der Waals surface area contributed by atoms with Gasteiger partial charge >= 0.3 is 11.9 Å². The lowest BCUT2D eigenvalue weighted by molar-refractivity contribution is -0.179. The lowest BCUT2D eigenvalue weighted by Crippen LogP contribution is -2.38. The normalized spacial score (nSPS) is 14.2. The first-order valence-electron chi connectivity index (χ1n) is 7.32. The van der Waals surface area contributed by atoms with Gasteiger partial charge in [-0.2, -0.15) is 0 Å². The molecule has 25 heavy (non-hydrogen) atoms. The maximum Gasteiger partial charge on any atom is 0.347 e. The Bertz CT molecular complexity index is 805. The minimum atomic E-state index is -1.37. The van der Waals surface area contributed by atoms with Crippen molar-refractivity contribution in [1.82, 2.24) is 5.06 Å². The smallest absolute Gasteiger partial charge is 0.347 e. The summed E-state index contributed by atoms with van der Waals surface area (Å²) >= 11 is 0. The molecular formula is C17H13NO7. The Hall–Kier alpha value is -3.42. The molecule has 2 heterocycles. The van der Waals surface area contributed by atoms with Crippen molar-refractivity contribution in [3.8, 4) is 0 Å². The Morgan fingerprint density at radius 3 is 2.20 bits per heavy atom. The van der Waals surface area contributed by atoms with E-state index in [4.69, 9.17) is 9.25 Å². The average Bonchev–Trinajstić information content (AvgIpc) is 3.22. The van der Waals surface area contributed by atoms with Gasteiger partial charge in [0.15, 0.2) is 5.92 Å². The predicted molar refractivity (Wildman–Crippen MR) is 81.0 cm³/mol. The van der Waals surface area contributed by atoms with E-state index in [0.717, 1.165) is 7.11 Å². The number of nitrogens with zero attached hydrogens (tertiary/aromatic N) is 1. The highest BCUT2D eigenvalue weighted by molar-refractivity contribution is 6.21. The second-order valence-corrected chi connectivity index (χ2v) is 5.22. The van der Waals surface area contributed by atoms with Gasteiger partial charge in [0.1, 0.15) is 5.76 Å². The van der Waals surface area contributed by atoms with E-state index in [1.807, 2.05) is 0 Å². The van der Waals surface area contributed by atoms with E-state index >= 15 is 0 Å². The highest BCUT2D eigenvalue weighted by Gasteiger charge is 2.41. The van der Waals surface area contributed by atoms with Crippen LogP contribution in [0.25, 0.3) is 0 Å². The lowest BCUT2D eigenvalue weighted by Gasteiger charge is -2.17. The van der Waals surface area contributed by atoms with Crippen molar-refractivity contribution in [3.05, 3.63) is 59.5 Å². The maximum atomic E-state index is 12.4. The van der Waals surface area contributed by atoms with Crippen LogP contribution in [0.3, 0.4) is 0 Å². The fourth-order valence-electron chi connectivity index (χ4n) is 2.44. The molecule has 1 atom stereocenters. The fraction of sp³-hybridized carbons (Fsp3) is 0.176. The number of fused-ring (bicyclic) bond motifs is 1.